The van der Waals surface area contributed by atoms with Crippen LogP contribution in [0.2, 0.25) is 0 Å². The number of hydrogen-bond donors (Lipinski definition) is 3. The van der Waals surface area contributed by atoms with Crippen LogP contribution in [0.15, 0.2) is 67.3 Å². The molecule has 0 aliphatic carbocycles. The SMILES string of the molecule is C[C@@H]1CNc2ccc(-c3cncc(C(C)(C)F)c3)nc2N(C(=O)Nc2cccc(-c3cc[nH]c3)n2)[C@@H]1C. The van der Waals surface area contributed by atoms with Crippen LogP contribution in [-0.4, -0.2) is 38.6 Å². The van der Waals surface area contributed by atoms with E-state index in [1.807, 2.05) is 49.6 Å². The topological polar surface area (TPSA) is 98.8 Å². The second-order valence-corrected chi connectivity index (χ2v) is 9.91. The minimum absolute atomic E-state index is 0.153. The number of amides is 2. The van der Waals surface area contributed by atoms with Crippen molar-refractivity contribution in [2.75, 3.05) is 22.1 Å². The van der Waals surface area contributed by atoms with E-state index in [4.69, 9.17) is 4.98 Å². The highest BCUT2D eigenvalue weighted by Gasteiger charge is 2.33. The lowest BCUT2D eigenvalue weighted by molar-refractivity contribution is 0.221. The highest BCUT2D eigenvalue weighted by Crippen LogP contribution is 2.35. The molecule has 0 saturated carbocycles. The summed E-state index contributed by atoms with van der Waals surface area (Å²) in [6.07, 6.45) is 6.86. The number of fused-ring (bicyclic) bond motifs is 1. The highest BCUT2D eigenvalue weighted by molar-refractivity contribution is 6.03. The molecule has 1 aliphatic heterocycles. The quantitative estimate of drug-likeness (QED) is 0.309. The molecule has 3 N–H and O–H groups in total. The number of halogens is 1. The first-order valence-electron chi connectivity index (χ1n) is 12.3. The summed E-state index contributed by atoms with van der Waals surface area (Å²) in [5.74, 6) is 1.10. The zero-order chi connectivity index (χ0) is 26.2. The third-order valence-electron chi connectivity index (χ3n) is 6.77. The van der Waals surface area contributed by atoms with E-state index < -0.39 is 5.67 Å². The molecule has 4 aromatic heterocycles. The van der Waals surface area contributed by atoms with Crippen LogP contribution < -0.4 is 15.5 Å². The molecule has 4 aromatic rings. The van der Waals surface area contributed by atoms with Crippen LogP contribution >= 0.6 is 0 Å². The number of hydrogen-bond acceptors (Lipinski definition) is 5. The Balaban J connectivity index is 1.51. The van der Waals surface area contributed by atoms with Crippen LogP contribution in [0.25, 0.3) is 22.5 Å². The number of rotatable bonds is 4. The number of anilines is 3. The molecule has 0 spiro atoms. The van der Waals surface area contributed by atoms with E-state index in [1.165, 1.54) is 20.0 Å². The van der Waals surface area contributed by atoms with Gasteiger partial charge in [-0.25, -0.2) is 19.2 Å². The number of carbonyl (C=O) groups excluding carboxylic acids is 1. The van der Waals surface area contributed by atoms with Crippen LogP contribution in [-0.2, 0) is 5.67 Å². The van der Waals surface area contributed by atoms with Crippen LogP contribution in [0.1, 0.15) is 33.3 Å². The molecule has 2 atom stereocenters. The van der Waals surface area contributed by atoms with Crippen molar-refractivity contribution in [1.29, 1.82) is 0 Å². The monoisotopic (exact) mass is 499 g/mol. The van der Waals surface area contributed by atoms with Gasteiger partial charge in [0.25, 0.3) is 0 Å². The van der Waals surface area contributed by atoms with Crippen molar-refractivity contribution in [3.8, 4) is 22.5 Å². The molecule has 37 heavy (non-hydrogen) atoms. The Hall–Kier alpha value is -4.27. The number of aromatic nitrogens is 4. The smallest absolute Gasteiger partial charge is 0.328 e. The molecule has 0 unspecified atom stereocenters. The van der Waals surface area contributed by atoms with E-state index in [0.29, 0.717) is 35.0 Å². The molecule has 5 rings (SSSR count). The third kappa shape index (κ3) is 5.02. The maximum absolute atomic E-state index is 14.6. The van der Waals surface area contributed by atoms with Gasteiger partial charge in [0.05, 0.1) is 17.1 Å². The predicted octanol–water partition coefficient (Wildman–Crippen LogP) is 6.23. The molecule has 0 fully saturated rings. The largest absolute Gasteiger partial charge is 0.382 e. The zero-order valence-electron chi connectivity index (χ0n) is 21.3. The summed E-state index contributed by atoms with van der Waals surface area (Å²) in [5, 5.41) is 6.37. The summed E-state index contributed by atoms with van der Waals surface area (Å²) in [4.78, 5) is 32.1. The molecule has 9 heteroatoms. The molecule has 0 saturated heterocycles. The number of aromatic amines is 1. The molecule has 0 radical (unpaired) electrons. The van der Waals surface area contributed by atoms with Crippen LogP contribution in [0.5, 0.6) is 0 Å². The summed E-state index contributed by atoms with van der Waals surface area (Å²) >= 11 is 0. The first-order valence-corrected chi connectivity index (χ1v) is 12.3. The van der Waals surface area contributed by atoms with E-state index in [-0.39, 0.29) is 18.0 Å². The molecule has 8 nitrogen and oxygen atoms in total. The van der Waals surface area contributed by atoms with E-state index in [2.05, 4.69) is 32.5 Å². The first kappa shape index (κ1) is 24.4. The summed E-state index contributed by atoms with van der Waals surface area (Å²) in [6, 6.07) is 12.5. The number of carbonyl (C=O) groups is 1. The number of pyridine rings is 3. The molecule has 0 bridgehead atoms. The van der Waals surface area contributed by atoms with E-state index in [9.17, 15) is 9.18 Å². The fraction of sp³-hybridized carbons (Fsp3) is 0.286. The van der Waals surface area contributed by atoms with E-state index >= 15 is 0 Å². The van der Waals surface area contributed by atoms with Crippen molar-refractivity contribution in [2.24, 2.45) is 5.92 Å². The average Bonchev–Trinajstić information content (AvgIpc) is 3.39. The molecular formula is C28H30FN7O. The highest BCUT2D eigenvalue weighted by atomic mass is 19.1. The van der Waals surface area contributed by atoms with Gasteiger partial charge < -0.3 is 10.3 Å². The fourth-order valence-electron chi connectivity index (χ4n) is 4.32. The third-order valence-corrected chi connectivity index (χ3v) is 6.77. The number of alkyl halides is 1. The van der Waals surface area contributed by atoms with Crippen LogP contribution in [0, 0.1) is 5.92 Å². The number of nitrogens with one attached hydrogen (secondary N) is 3. The summed E-state index contributed by atoms with van der Waals surface area (Å²) in [6.45, 7) is 7.78. The minimum atomic E-state index is -1.53. The lowest BCUT2D eigenvalue weighted by atomic mass is 10.00. The van der Waals surface area contributed by atoms with Gasteiger partial charge in [-0.2, -0.15) is 0 Å². The van der Waals surface area contributed by atoms with Crippen molar-refractivity contribution in [3.63, 3.8) is 0 Å². The van der Waals surface area contributed by atoms with Crippen LogP contribution in [0.3, 0.4) is 0 Å². The molecule has 5 heterocycles. The Morgan fingerprint density at radius 3 is 2.65 bits per heavy atom. The standard InChI is InChI=1S/C28H30FN7O/c1-17-13-32-24-9-8-23(20-12-21(16-31-15-20)28(3,4)29)34-26(24)36(18(17)2)27(37)35-25-7-5-6-22(33-25)19-10-11-30-14-19/h5-12,14-18,30,32H,13H2,1-4H3,(H,33,35,37)/t17-,18-/m1/s1. The van der Waals surface area contributed by atoms with Gasteiger partial charge in [0.1, 0.15) is 11.5 Å². The molecule has 1 aliphatic rings. The van der Waals surface area contributed by atoms with Gasteiger partial charge in [0.2, 0.25) is 0 Å². The molecule has 0 aromatic carbocycles. The van der Waals surface area contributed by atoms with Crippen molar-refractivity contribution in [3.05, 3.63) is 72.8 Å². The summed E-state index contributed by atoms with van der Waals surface area (Å²) < 4.78 is 14.6. The number of urea groups is 1. The average molecular weight is 500 g/mol. The zero-order valence-corrected chi connectivity index (χ0v) is 21.3. The Bertz CT molecular complexity index is 1410. The van der Waals surface area contributed by atoms with Gasteiger partial charge in [-0.15, -0.1) is 0 Å². The van der Waals surface area contributed by atoms with Gasteiger partial charge in [-0.05, 0) is 63.1 Å². The van der Waals surface area contributed by atoms with Crippen molar-refractivity contribution in [1.82, 2.24) is 19.9 Å². The Kier molecular flexibility index (Phi) is 6.37. The summed E-state index contributed by atoms with van der Waals surface area (Å²) in [7, 11) is 0. The normalized spacial score (nSPS) is 17.5. The van der Waals surface area contributed by atoms with Gasteiger partial charge in [-0.3, -0.25) is 15.2 Å². The molecular weight excluding hydrogens is 469 g/mol. The van der Waals surface area contributed by atoms with Gasteiger partial charge in [0, 0.05) is 54.1 Å². The maximum atomic E-state index is 14.6. The summed E-state index contributed by atoms with van der Waals surface area (Å²) in [5.41, 5.74) is 2.64. The second kappa shape index (κ2) is 9.65. The van der Waals surface area contributed by atoms with E-state index in [1.54, 1.807) is 23.2 Å². The van der Waals surface area contributed by atoms with Crippen molar-refractivity contribution in [2.45, 2.75) is 39.4 Å². The fourth-order valence-corrected chi connectivity index (χ4v) is 4.32. The van der Waals surface area contributed by atoms with Crippen LogP contribution in [0.4, 0.5) is 26.5 Å². The van der Waals surface area contributed by atoms with Gasteiger partial charge >= 0.3 is 6.03 Å². The Morgan fingerprint density at radius 1 is 1.08 bits per heavy atom. The van der Waals surface area contributed by atoms with Crippen molar-refractivity contribution < 1.29 is 9.18 Å². The predicted molar refractivity (Wildman–Crippen MR) is 144 cm³/mol. The maximum Gasteiger partial charge on any atom is 0.328 e. The molecule has 190 valence electrons. The Labute approximate surface area is 215 Å². The second-order valence-electron chi connectivity index (χ2n) is 9.91. The van der Waals surface area contributed by atoms with E-state index in [0.717, 1.165) is 16.9 Å². The lowest BCUT2D eigenvalue weighted by Gasteiger charge is -2.30. The Morgan fingerprint density at radius 2 is 1.89 bits per heavy atom. The number of H-pyrrole nitrogens is 1. The first-order chi connectivity index (χ1) is 17.7. The number of nitrogens with zero attached hydrogens (tertiary/aromatic N) is 4. The van der Waals surface area contributed by atoms with Crippen molar-refractivity contribution >= 4 is 23.4 Å². The van der Waals surface area contributed by atoms with Gasteiger partial charge in [-0.1, -0.05) is 13.0 Å². The minimum Gasteiger partial charge on any atom is -0.382 e. The lowest BCUT2D eigenvalue weighted by Crippen LogP contribution is -2.45. The van der Waals surface area contributed by atoms with Gasteiger partial charge in [0.15, 0.2) is 5.82 Å². The molecule has 2 amide bonds.